The molecule has 2 amide bonds. The third kappa shape index (κ3) is 4.17. The number of aromatic nitrogens is 2. The van der Waals surface area contributed by atoms with Crippen molar-refractivity contribution in [1.82, 2.24) is 19.8 Å². The second kappa shape index (κ2) is 8.69. The number of carbonyl (C=O) groups is 2. The number of ether oxygens (including phenoxy) is 1. The van der Waals surface area contributed by atoms with Crippen molar-refractivity contribution in [2.45, 2.75) is 45.3 Å². The number of nitrogens with zero attached hydrogens (tertiary/aromatic N) is 3. The Morgan fingerprint density at radius 1 is 1.37 bits per heavy atom. The highest BCUT2D eigenvalue weighted by molar-refractivity contribution is 7.13. The summed E-state index contributed by atoms with van der Waals surface area (Å²) in [5.74, 6) is -0.431. The molecule has 0 bridgehead atoms. The van der Waals surface area contributed by atoms with E-state index in [-0.39, 0.29) is 29.0 Å². The topological polar surface area (TPSA) is 93.5 Å². The third-order valence-corrected chi connectivity index (χ3v) is 6.58. The molecule has 1 unspecified atom stereocenters. The van der Waals surface area contributed by atoms with Crippen LogP contribution in [-0.4, -0.2) is 52.1 Å². The van der Waals surface area contributed by atoms with Crippen LogP contribution >= 0.6 is 11.3 Å². The summed E-state index contributed by atoms with van der Waals surface area (Å²) >= 11 is 1.37. The maximum Gasteiger partial charge on any atom is 0.265 e. The van der Waals surface area contributed by atoms with E-state index in [0.717, 1.165) is 35.4 Å². The normalized spacial score (nSPS) is 18.7. The van der Waals surface area contributed by atoms with E-state index in [1.54, 1.807) is 24.3 Å². The molecular weight excluding hydrogens is 404 g/mol. The zero-order valence-corrected chi connectivity index (χ0v) is 18.1. The Hall–Kier alpha value is -2.52. The van der Waals surface area contributed by atoms with E-state index in [4.69, 9.17) is 4.74 Å². The van der Waals surface area contributed by atoms with Crippen molar-refractivity contribution in [3.63, 3.8) is 0 Å². The van der Waals surface area contributed by atoms with Crippen molar-refractivity contribution in [3.8, 4) is 0 Å². The van der Waals surface area contributed by atoms with Crippen molar-refractivity contribution in [2.75, 3.05) is 19.7 Å². The summed E-state index contributed by atoms with van der Waals surface area (Å²) in [6.07, 6.45) is 6.86. The molecule has 8 nitrogen and oxygen atoms in total. The number of pyridine rings is 1. The zero-order valence-electron chi connectivity index (χ0n) is 17.3. The molecule has 4 heterocycles. The molecule has 2 aromatic heterocycles. The molecule has 0 aromatic carbocycles. The van der Waals surface area contributed by atoms with Gasteiger partial charge in [0, 0.05) is 39.5 Å². The van der Waals surface area contributed by atoms with Crippen LogP contribution in [0.5, 0.6) is 0 Å². The van der Waals surface area contributed by atoms with E-state index in [1.807, 2.05) is 6.92 Å². The third-order valence-electron chi connectivity index (χ3n) is 5.68. The summed E-state index contributed by atoms with van der Waals surface area (Å²) in [6.45, 7) is 3.81. The molecule has 160 valence electrons. The van der Waals surface area contributed by atoms with Crippen LogP contribution in [0.15, 0.2) is 17.2 Å². The van der Waals surface area contributed by atoms with Crippen LogP contribution in [0.3, 0.4) is 0 Å². The fourth-order valence-corrected chi connectivity index (χ4v) is 4.82. The first-order valence-electron chi connectivity index (χ1n) is 10.3. The Balaban J connectivity index is 1.54. The molecule has 0 spiro atoms. The van der Waals surface area contributed by atoms with Crippen LogP contribution in [0.1, 0.15) is 55.4 Å². The highest BCUT2D eigenvalue weighted by atomic mass is 32.1. The number of thiazole rings is 1. The monoisotopic (exact) mass is 430 g/mol. The van der Waals surface area contributed by atoms with Gasteiger partial charge < -0.3 is 19.5 Å². The molecule has 1 N–H and O–H groups in total. The van der Waals surface area contributed by atoms with E-state index in [1.165, 1.54) is 15.9 Å². The molecule has 1 fully saturated rings. The minimum atomic E-state index is -0.362. The minimum absolute atomic E-state index is 0.00191. The van der Waals surface area contributed by atoms with Gasteiger partial charge >= 0.3 is 0 Å². The molecule has 2 aliphatic rings. The Kier molecular flexibility index (Phi) is 6.01. The molecule has 0 aliphatic carbocycles. The van der Waals surface area contributed by atoms with E-state index < -0.39 is 0 Å². The molecular formula is C21H26N4O4S. The first kappa shape index (κ1) is 20.7. The summed E-state index contributed by atoms with van der Waals surface area (Å²) < 4.78 is 7.09. The number of nitrogens with one attached hydrogen (secondary N) is 1. The lowest BCUT2D eigenvalue weighted by Gasteiger charge is -2.30. The smallest absolute Gasteiger partial charge is 0.265 e. The van der Waals surface area contributed by atoms with Gasteiger partial charge in [0.2, 0.25) is 0 Å². The van der Waals surface area contributed by atoms with Crippen LogP contribution in [0, 0.1) is 6.92 Å². The molecule has 4 rings (SSSR count). The second-order valence-corrected chi connectivity index (χ2v) is 9.08. The summed E-state index contributed by atoms with van der Waals surface area (Å²) in [7, 11) is 1.64. The first-order valence-corrected chi connectivity index (χ1v) is 11.1. The van der Waals surface area contributed by atoms with Gasteiger partial charge in [0.05, 0.1) is 17.3 Å². The number of hydrogen-bond acceptors (Lipinski definition) is 6. The lowest BCUT2D eigenvalue weighted by molar-refractivity contribution is 0.0168. The Labute approximate surface area is 178 Å². The fraction of sp³-hybridized carbons (Fsp3) is 0.524. The number of fused-ring (bicyclic) bond motifs is 1. The fourth-order valence-electron chi connectivity index (χ4n) is 4.08. The lowest BCUT2D eigenvalue weighted by atomic mass is 9.96. The van der Waals surface area contributed by atoms with E-state index in [2.05, 4.69) is 10.3 Å². The number of hydrogen-bond donors (Lipinski definition) is 1. The number of aryl methyl sites for hydroxylation is 2. The number of amides is 2. The predicted octanol–water partition coefficient (Wildman–Crippen LogP) is 1.65. The average molecular weight is 431 g/mol. The van der Waals surface area contributed by atoms with Crippen LogP contribution < -0.4 is 10.9 Å². The number of carbonyl (C=O) groups excluding carboxylic acids is 2. The van der Waals surface area contributed by atoms with Gasteiger partial charge in [-0.1, -0.05) is 0 Å². The van der Waals surface area contributed by atoms with Gasteiger partial charge in [-0.3, -0.25) is 14.4 Å². The van der Waals surface area contributed by atoms with Gasteiger partial charge in [-0.15, -0.1) is 11.3 Å². The van der Waals surface area contributed by atoms with Crippen molar-refractivity contribution < 1.29 is 14.3 Å². The Morgan fingerprint density at radius 3 is 2.90 bits per heavy atom. The van der Waals surface area contributed by atoms with Gasteiger partial charge in [-0.25, -0.2) is 4.98 Å². The SMILES string of the molecule is Cc1ncc(C(=O)N2CCc3c(cn(C)c(=O)c3C(=O)NCC3CCCCO3)C2)s1. The van der Waals surface area contributed by atoms with Crippen molar-refractivity contribution in [2.24, 2.45) is 7.05 Å². The first-order chi connectivity index (χ1) is 14.4. The van der Waals surface area contributed by atoms with Gasteiger partial charge in [0.15, 0.2) is 0 Å². The van der Waals surface area contributed by atoms with Crippen LogP contribution in [0.25, 0.3) is 0 Å². The Morgan fingerprint density at radius 2 is 2.20 bits per heavy atom. The Bertz CT molecular complexity index is 1020. The maximum atomic E-state index is 12.9. The molecule has 30 heavy (non-hydrogen) atoms. The molecule has 0 saturated carbocycles. The molecule has 2 aromatic rings. The highest BCUT2D eigenvalue weighted by Crippen LogP contribution is 2.24. The molecule has 2 aliphatic heterocycles. The van der Waals surface area contributed by atoms with Crippen LogP contribution in [0.2, 0.25) is 0 Å². The largest absolute Gasteiger partial charge is 0.376 e. The lowest BCUT2D eigenvalue weighted by Crippen LogP contribution is -2.42. The summed E-state index contributed by atoms with van der Waals surface area (Å²) in [4.78, 5) is 45.0. The zero-order chi connectivity index (χ0) is 21.3. The van der Waals surface area contributed by atoms with E-state index in [9.17, 15) is 14.4 Å². The summed E-state index contributed by atoms with van der Waals surface area (Å²) in [6, 6.07) is 0. The van der Waals surface area contributed by atoms with Gasteiger partial charge in [-0.05, 0) is 43.7 Å². The van der Waals surface area contributed by atoms with Crippen LogP contribution in [0.4, 0.5) is 0 Å². The highest BCUT2D eigenvalue weighted by Gasteiger charge is 2.29. The van der Waals surface area contributed by atoms with Crippen LogP contribution in [-0.2, 0) is 24.8 Å². The quantitative estimate of drug-likeness (QED) is 0.796. The molecule has 9 heteroatoms. The van der Waals surface area contributed by atoms with Gasteiger partial charge in [0.1, 0.15) is 10.4 Å². The van der Waals surface area contributed by atoms with Gasteiger partial charge in [0.25, 0.3) is 17.4 Å². The molecule has 1 saturated heterocycles. The van der Waals surface area contributed by atoms with Gasteiger partial charge in [-0.2, -0.15) is 0 Å². The summed E-state index contributed by atoms with van der Waals surface area (Å²) in [5.41, 5.74) is 1.45. The second-order valence-electron chi connectivity index (χ2n) is 7.84. The van der Waals surface area contributed by atoms with E-state index in [0.29, 0.717) is 37.5 Å². The standard InChI is InChI=1S/C21H26N4O4S/c1-13-22-10-17(30-13)20(27)25-7-6-16-14(12-25)11-24(2)21(28)18(16)19(26)23-9-15-5-3-4-8-29-15/h10-11,15H,3-9,12H2,1-2H3,(H,23,26). The summed E-state index contributed by atoms with van der Waals surface area (Å²) in [5, 5.41) is 3.73. The van der Waals surface area contributed by atoms with E-state index >= 15 is 0 Å². The number of rotatable bonds is 4. The van der Waals surface area contributed by atoms with Crippen molar-refractivity contribution in [1.29, 1.82) is 0 Å². The van der Waals surface area contributed by atoms with Crippen molar-refractivity contribution in [3.05, 3.63) is 49.3 Å². The minimum Gasteiger partial charge on any atom is -0.376 e. The molecule has 1 atom stereocenters. The molecule has 0 radical (unpaired) electrons. The average Bonchev–Trinajstić information content (AvgIpc) is 3.19. The predicted molar refractivity (Wildman–Crippen MR) is 113 cm³/mol. The maximum absolute atomic E-state index is 12.9. The van der Waals surface area contributed by atoms with Crippen molar-refractivity contribution >= 4 is 23.2 Å².